The number of rotatable bonds is 1. The van der Waals surface area contributed by atoms with Gasteiger partial charge in [-0.25, -0.2) is 4.99 Å². The molecule has 20 heavy (non-hydrogen) atoms. The van der Waals surface area contributed by atoms with E-state index in [0.717, 1.165) is 11.3 Å². The lowest BCUT2D eigenvalue weighted by molar-refractivity contribution is 0.604. The summed E-state index contributed by atoms with van der Waals surface area (Å²) in [6, 6.07) is 7.42. The van der Waals surface area contributed by atoms with Crippen molar-refractivity contribution in [2.45, 2.75) is 6.17 Å². The fourth-order valence-corrected chi connectivity index (χ4v) is 2.63. The largest absolute Gasteiger partial charge is 0.344 e. The predicted octanol–water partition coefficient (Wildman–Crippen LogP) is 2.56. The number of aliphatic imine (C=N–C) groups is 1. The Morgan fingerprint density at radius 3 is 2.70 bits per heavy atom. The van der Waals surface area contributed by atoms with E-state index >= 15 is 0 Å². The molecular formula is C12H8Cl2N6. The molecule has 4 rings (SSSR count). The first-order valence-electron chi connectivity index (χ1n) is 5.90. The molecule has 0 saturated heterocycles. The monoisotopic (exact) mass is 306 g/mol. The molecule has 1 unspecified atom stereocenters. The Balaban J connectivity index is 1.87. The van der Waals surface area contributed by atoms with Gasteiger partial charge in [0.1, 0.15) is 5.16 Å². The zero-order valence-electron chi connectivity index (χ0n) is 10.0. The van der Waals surface area contributed by atoms with E-state index in [2.05, 4.69) is 25.8 Å². The maximum Gasteiger partial charge on any atom is 0.232 e. The predicted molar refractivity (Wildman–Crippen MR) is 77.6 cm³/mol. The first-order chi connectivity index (χ1) is 9.74. The molecule has 6 nitrogen and oxygen atoms in total. The van der Waals surface area contributed by atoms with Crippen LogP contribution in [0.3, 0.4) is 0 Å². The molecule has 2 aliphatic heterocycles. The number of nitrogens with one attached hydrogen (secondary N) is 2. The van der Waals surface area contributed by atoms with E-state index in [1.54, 1.807) is 6.34 Å². The Kier molecular flexibility index (Phi) is 2.48. The summed E-state index contributed by atoms with van der Waals surface area (Å²) in [4.78, 5) is 4.36. The number of fused-ring (bicyclic) bond motifs is 3. The van der Waals surface area contributed by atoms with Gasteiger partial charge in [0.2, 0.25) is 5.95 Å². The van der Waals surface area contributed by atoms with Gasteiger partial charge in [-0.2, -0.15) is 0 Å². The number of aromatic nitrogens is 3. The van der Waals surface area contributed by atoms with Crippen LogP contribution >= 0.6 is 23.2 Å². The van der Waals surface area contributed by atoms with Crippen LogP contribution in [0.15, 0.2) is 40.1 Å². The molecule has 1 aromatic heterocycles. The minimum absolute atomic E-state index is 0.264. The van der Waals surface area contributed by atoms with Crippen LogP contribution in [0.5, 0.6) is 0 Å². The Morgan fingerprint density at radius 2 is 1.90 bits per heavy atom. The molecule has 8 heteroatoms. The molecule has 0 fully saturated rings. The van der Waals surface area contributed by atoms with Gasteiger partial charge in [0.05, 0.1) is 12.0 Å². The van der Waals surface area contributed by atoms with Gasteiger partial charge >= 0.3 is 0 Å². The molecule has 0 spiro atoms. The SMILES string of the molecule is ClC1=C2NC=NC2n2c(nnc2-c2ccc(Cl)cc2)N1. The first kappa shape index (κ1) is 11.7. The highest BCUT2D eigenvalue weighted by Crippen LogP contribution is 2.36. The minimum atomic E-state index is -0.264. The summed E-state index contributed by atoms with van der Waals surface area (Å²) in [6.07, 6.45) is 1.35. The van der Waals surface area contributed by atoms with Crippen LogP contribution in [0.1, 0.15) is 6.17 Å². The molecular weight excluding hydrogens is 299 g/mol. The van der Waals surface area contributed by atoms with Gasteiger partial charge in [-0.3, -0.25) is 4.57 Å². The number of nitrogens with zero attached hydrogens (tertiary/aromatic N) is 4. The lowest BCUT2D eigenvalue weighted by atomic mass is 10.2. The lowest BCUT2D eigenvalue weighted by Gasteiger charge is -2.22. The minimum Gasteiger partial charge on any atom is -0.344 e. The lowest BCUT2D eigenvalue weighted by Crippen LogP contribution is -2.23. The van der Waals surface area contributed by atoms with Crippen molar-refractivity contribution in [2.24, 2.45) is 4.99 Å². The summed E-state index contributed by atoms with van der Waals surface area (Å²) in [7, 11) is 0. The third-order valence-electron chi connectivity index (χ3n) is 3.19. The number of benzene rings is 1. The van der Waals surface area contributed by atoms with Crippen LogP contribution < -0.4 is 10.6 Å². The highest BCUT2D eigenvalue weighted by Gasteiger charge is 2.32. The van der Waals surface area contributed by atoms with Crippen LogP contribution in [0.2, 0.25) is 5.02 Å². The van der Waals surface area contributed by atoms with Crippen LogP contribution in [0, 0.1) is 0 Å². The van der Waals surface area contributed by atoms with Crippen molar-refractivity contribution in [1.29, 1.82) is 0 Å². The number of halogens is 2. The van der Waals surface area contributed by atoms with E-state index in [9.17, 15) is 0 Å². The van der Waals surface area contributed by atoms with Crippen molar-refractivity contribution in [3.8, 4) is 11.4 Å². The Hall–Kier alpha value is -2.05. The molecule has 100 valence electrons. The summed E-state index contributed by atoms with van der Waals surface area (Å²) in [5, 5.41) is 15.5. The normalized spacial score (nSPS) is 19.4. The Labute approximate surface area is 124 Å². The smallest absolute Gasteiger partial charge is 0.232 e. The highest BCUT2D eigenvalue weighted by molar-refractivity contribution is 6.31. The van der Waals surface area contributed by atoms with Crippen molar-refractivity contribution in [3.63, 3.8) is 0 Å². The summed E-state index contributed by atoms with van der Waals surface area (Å²) in [5.74, 6) is 1.27. The summed E-state index contributed by atoms with van der Waals surface area (Å²) >= 11 is 12.1. The highest BCUT2D eigenvalue weighted by atomic mass is 35.5. The van der Waals surface area contributed by atoms with Gasteiger partial charge in [-0.05, 0) is 24.3 Å². The van der Waals surface area contributed by atoms with Gasteiger partial charge < -0.3 is 10.6 Å². The van der Waals surface area contributed by atoms with Crippen molar-refractivity contribution in [1.82, 2.24) is 20.1 Å². The molecule has 0 aliphatic carbocycles. The van der Waals surface area contributed by atoms with E-state index in [0.29, 0.717) is 22.0 Å². The average Bonchev–Trinajstić information content (AvgIpc) is 3.05. The number of anilines is 1. The second kappa shape index (κ2) is 4.22. The van der Waals surface area contributed by atoms with E-state index in [4.69, 9.17) is 23.2 Å². The van der Waals surface area contributed by atoms with Crippen molar-refractivity contribution < 1.29 is 0 Å². The van der Waals surface area contributed by atoms with Gasteiger partial charge in [-0.1, -0.05) is 23.2 Å². The first-order valence-corrected chi connectivity index (χ1v) is 6.65. The summed E-state index contributed by atoms with van der Waals surface area (Å²) in [6.45, 7) is 0. The molecule has 1 atom stereocenters. The second-order valence-corrected chi connectivity index (χ2v) is 5.19. The molecule has 0 bridgehead atoms. The van der Waals surface area contributed by atoms with Crippen LogP contribution in [0.25, 0.3) is 11.4 Å². The Morgan fingerprint density at radius 1 is 1.10 bits per heavy atom. The molecule has 0 saturated carbocycles. The van der Waals surface area contributed by atoms with Crippen molar-refractivity contribution >= 4 is 35.5 Å². The van der Waals surface area contributed by atoms with E-state index < -0.39 is 0 Å². The van der Waals surface area contributed by atoms with Gasteiger partial charge in [0.15, 0.2) is 12.0 Å². The van der Waals surface area contributed by atoms with Crippen LogP contribution in [-0.2, 0) is 0 Å². The maximum atomic E-state index is 6.15. The molecule has 2 aliphatic rings. The van der Waals surface area contributed by atoms with Crippen LogP contribution in [-0.4, -0.2) is 21.1 Å². The van der Waals surface area contributed by atoms with Crippen LogP contribution in [0.4, 0.5) is 5.95 Å². The quantitative estimate of drug-likeness (QED) is 0.795. The molecule has 3 heterocycles. The molecule has 0 amide bonds. The molecule has 2 N–H and O–H groups in total. The van der Waals surface area contributed by atoms with E-state index in [1.165, 1.54) is 0 Å². The third kappa shape index (κ3) is 1.62. The topological polar surface area (TPSA) is 67.1 Å². The Bertz CT molecular complexity index is 746. The average molecular weight is 307 g/mol. The summed E-state index contributed by atoms with van der Waals surface area (Å²) < 4.78 is 1.89. The zero-order chi connectivity index (χ0) is 13.7. The van der Waals surface area contributed by atoms with Gasteiger partial charge in [0.25, 0.3) is 0 Å². The van der Waals surface area contributed by atoms with Gasteiger partial charge in [-0.15, -0.1) is 10.2 Å². The zero-order valence-corrected chi connectivity index (χ0v) is 11.5. The van der Waals surface area contributed by atoms with E-state index in [1.807, 2.05) is 28.8 Å². The fraction of sp³-hybridized carbons (Fsp3) is 0.0833. The van der Waals surface area contributed by atoms with E-state index in [-0.39, 0.29) is 6.17 Å². The van der Waals surface area contributed by atoms with Crippen molar-refractivity contribution in [2.75, 3.05) is 5.32 Å². The van der Waals surface area contributed by atoms with Gasteiger partial charge in [0, 0.05) is 10.6 Å². The molecule has 2 aromatic rings. The second-order valence-electron chi connectivity index (χ2n) is 4.37. The number of hydrogen-bond acceptors (Lipinski definition) is 5. The standard InChI is InChI=1S/C12H8Cl2N6/c13-7-3-1-6(2-4-7)10-18-19-12-17-9(14)8-11(20(10)12)16-5-15-8/h1-5,11H,(H,15,16)(H,17,19). The molecule has 1 aromatic carbocycles. The number of hydrogen-bond donors (Lipinski definition) is 2. The fourth-order valence-electron chi connectivity index (χ4n) is 2.27. The molecule has 0 radical (unpaired) electrons. The van der Waals surface area contributed by atoms with Crippen molar-refractivity contribution in [3.05, 3.63) is 40.1 Å². The maximum absolute atomic E-state index is 6.15. The third-order valence-corrected chi connectivity index (χ3v) is 3.74. The summed E-state index contributed by atoms with van der Waals surface area (Å²) in [5.41, 5.74) is 1.70.